The molecule has 2 amide bonds. The Labute approximate surface area is 157 Å². The van der Waals surface area contributed by atoms with Gasteiger partial charge in [-0.3, -0.25) is 9.59 Å². The topological polar surface area (TPSA) is 84.0 Å². The standard InChI is InChI=1S/C19H13F3N4O2/c20-12-3-1-11(2-4-12)10-25-18(27)16-17(24-8-7-23-16)19(28)26-15-6-5-13(21)9-14(15)22/h1-9H,10H2,(H,25,27)(H,26,28). The molecule has 0 fully saturated rings. The van der Waals surface area contributed by atoms with Gasteiger partial charge in [-0.1, -0.05) is 12.1 Å². The molecule has 2 N–H and O–H groups in total. The molecule has 0 bridgehead atoms. The summed E-state index contributed by atoms with van der Waals surface area (Å²) in [4.78, 5) is 32.5. The first-order valence-electron chi connectivity index (χ1n) is 8.04. The molecule has 0 atom stereocenters. The highest BCUT2D eigenvalue weighted by Crippen LogP contribution is 2.16. The largest absolute Gasteiger partial charge is 0.347 e. The molecule has 0 aliphatic carbocycles. The highest BCUT2D eigenvalue weighted by Gasteiger charge is 2.21. The fourth-order valence-corrected chi connectivity index (χ4v) is 2.31. The number of nitrogens with one attached hydrogen (secondary N) is 2. The van der Waals surface area contributed by atoms with E-state index in [0.29, 0.717) is 11.6 Å². The summed E-state index contributed by atoms with van der Waals surface area (Å²) in [6.07, 6.45) is 2.43. The number of aromatic nitrogens is 2. The van der Waals surface area contributed by atoms with E-state index in [2.05, 4.69) is 20.6 Å². The lowest BCUT2D eigenvalue weighted by molar-refractivity contribution is 0.0930. The molecule has 0 unspecified atom stereocenters. The maximum Gasteiger partial charge on any atom is 0.276 e. The monoisotopic (exact) mass is 386 g/mol. The predicted molar refractivity (Wildman–Crippen MR) is 93.9 cm³/mol. The quantitative estimate of drug-likeness (QED) is 0.706. The maximum absolute atomic E-state index is 13.7. The SMILES string of the molecule is O=C(NCc1ccc(F)cc1)c1nccnc1C(=O)Nc1ccc(F)cc1F. The van der Waals surface area contributed by atoms with E-state index in [1.807, 2.05) is 0 Å². The van der Waals surface area contributed by atoms with Crippen molar-refractivity contribution >= 4 is 17.5 Å². The number of carbonyl (C=O) groups is 2. The molecule has 6 nitrogen and oxygen atoms in total. The Morgan fingerprint density at radius 3 is 2.07 bits per heavy atom. The van der Waals surface area contributed by atoms with Gasteiger partial charge in [0, 0.05) is 25.0 Å². The second-order valence-electron chi connectivity index (χ2n) is 5.64. The average molecular weight is 386 g/mol. The van der Waals surface area contributed by atoms with Crippen molar-refractivity contribution in [2.24, 2.45) is 0 Å². The molecule has 9 heteroatoms. The molecular formula is C19H13F3N4O2. The van der Waals surface area contributed by atoms with Gasteiger partial charge in [0.2, 0.25) is 0 Å². The second kappa shape index (κ2) is 8.30. The van der Waals surface area contributed by atoms with E-state index in [4.69, 9.17) is 0 Å². The summed E-state index contributed by atoms with van der Waals surface area (Å²) >= 11 is 0. The predicted octanol–water partition coefficient (Wildman–Crippen LogP) is 3.08. The van der Waals surface area contributed by atoms with E-state index < -0.39 is 29.3 Å². The van der Waals surface area contributed by atoms with Crippen molar-refractivity contribution in [2.45, 2.75) is 6.54 Å². The molecule has 0 spiro atoms. The van der Waals surface area contributed by atoms with Gasteiger partial charge in [-0.2, -0.15) is 0 Å². The molecule has 1 heterocycles. The van der Waals surface area contributed by atoms with Crippen LogP contribution >= 0.6 is 0 Å². The lowest BCUT2D eigenvalue weighted by Crippen LogP contribution is -2.28. The summed E-state index contributed by atoms with van der Waals surface area (Å²) < 4.78 is 39.6. The smallest absolute Gasteiger partial charge is 0.276 e. The minimum Gasteiger partial charge on any atom is -0.347 e. The van der Waals surface area contributed by atoms with Crippen LogP contribution in [0.25, 0.3) is 0 Å². The van der Waals surface area contributed by atoms with Crippen LogP contribution in [0.4, 0.5) is 18.9 Å². The van der Waals surface area contributed by atoms with Crippen LogP contribution < -0.4 is 10.6 Å². The third-order valence-electron chi connectivity index (χ3n) is 3.67. The van der Waals surface area contributed by atoms with Crippen LogP contribution in [-0.2, 0) is 6.54 Å². The first kappa shape index (κ1) is 19.0. The van der Waals surface area contributed by atoms with Crippen molar-refractivity contribution in [2.75, 3.05) is 5.32 Å². The molecule has 28 heavy (non-hydrogen) atoms. The first-order chi connectivity index (χ1) is 13.4. The van der Waals surface area contributed by atoms with Crippen LogP contribution in [0.5, 0.6) is 0 Å². The van der Waals surface area contributed by atoms with E-state index in [1.54, 1.807) is 0 Å². The molecule has 0 aliphatic heterocycles. The molecule has 1 aromatic heterocycles. The van der Waals surface area contributed by atoms with Gasteiger partial charge in [0.15, 0.2) is 11.4 Å². The van der Waals surface area contributed by atoms with Crippen molar-refractivity contribution in [1.29, 1.82) is 0 Å². The van der Waals surface area contributed by atoms with Gasteiger partial charge in [-0.25, -0.2) is 23.1 Å². The fraction of sp³-hybridized carbons (Fsp3) is 0.0526. The highest BCUT2D eigenvalue weighted by atomic mass is 19.1. The Balaban J connectivity index is 1.75. The van der Waals surface area contributed by atoms with Gasteiger partial charge in [-0.15, -0.1) is 0 Å². The van der Waals surface area contributed by atoms with Gasteiger partial charge in [0.1, 0.15) is 17.5 Å². The summed E-state index contributed by atoms with van der Waals surface area (Å²) in [7, 11) is 0. The molecule has 0 saturated heterocycles. The normalized spacial score (nSPS) is 10.4. The zero-order valence-corrected chi connectivity index (χ0v) is 14.2. The first-order valence-corrected chi connectivity index (χ1v) is 8.04. The number of rotatable bonds is 5. The van der Waals surface area contributed by atoms with E-state index in [1.165, 1.54) is 36.7 Å². The van der Waals surface area contributed by atoms with Crippen molar-refractivity contribution in [3.63, 3.8) is 0 Å². The number of anilines is 1. The van der Waals surface area contributed by atoms with E-state index in [9.17, 15) is 22.8 Å². The summed E-state index contributed by atoms with van der Waals surface area (Å²) in [5.74, 6) is -3.75. The summed E-state index contributed by atoms with van der Waals surface area (Å²) in [5.41, 5.74) is -0.236. The molecular weight excluding hydrogens is 373 g/mol. The number of halogens is 3. The number of hydrogen-bond acceptors (Lipinski definition) is 4. The Kier molecular flexibility index (Phi) is 5.64. The Morgan fingerprint density at radius 2 is 1.43 bits per heavy atom. The van der Waals surface area contributed by atoms with Gasteiger partial charge in [0.05, 0.1) is 5.69 Å². The number of hydrogen-bond donors (Lipinski definition) is 2. The minimum atomic E-state index is -0.973. The fourth-order valence-electron chi connectivity index (χ4n) is 2.31. The van der Waals surface area contributed by atoms with Crippen molar-refractivity contribution in [1.82, 2.24) is 15.3 Å². The molecule has 0 aliphatic rings. The Morgan fingerprint density at radius 1 is 0.821 bits per heavy atom. The number of amides is 2. The lowest BCUT2D eigenvalue weighted by atomic mass is 10.2. The summed E-state index contributed by atoms with van der Waals surface area (Å²) in [6.45, 7) is 0.0728. The second-order valence-corrected chi connectivity index (χ2v) is 5.64. The number of nitrogens with zero attached hydrogens (tertiary/aromatic N) is 2. The van der Waals surface area contributed by atoms with Crippen molar-refractivity contribution in [3.8, 4) is 0 Å². The molecule has 3 aromatic rings. The van der Waals surface area contributed by atoms with Crippen LogP contribution in [-0.4, -0.2) is 21.8 Å². The minimum absolute atomic E-state index is 0.0728. The van der Waals surface area contributed by atoms with Gasteiger partial charge in [0.25, 0.3) is 11.8 Å². The molecule has 142 valence electrons. The summed E-state index contributed by atoms with van der Waals surface area (Å²) in [5, 5.41) is 4.77. The van der Waals surface area contributed by atoms with Crippen molar-refractivity contribution in [3.05, 3.63) is 89.3 Å². The lowest BCUT2D eigenvalue weighted by Gasteiger charge is -2.10. The van der Waals surface area contributed by atoms with E-state index in [0.717, 1.165) is 12.1 Å². The number of carbonyl (C=O) groups excluding carboxylic acids is 2. The van der Waals surface area contributed by atoms with Gasteiger partial charge >= 0.3 is 0 Å². The van der Waals surface area contributed by atoms with Gasteiger partial charge < -0.3 is 10.6 Å². The molecule has 0 saturated carbocycles. The molecule has 2 aromatic carbocycles. The van der Waals surface area contributed by atoms with Crippen LogP contribution in [0.1, 0.15) is 26.5 Å². The highest BCUT2D eigenvalue weighted by molar-refractivity contribution is 6.09. The third kappa shape index (κ3) is 4.50. The maximum atomic E-state index is 13.7. The zero-order chi connectivity index (χ0) is 20.1. The van der Waals surface area contributed by atoms with Crippen molar-refractivity contribution < 1.29 is 22.8 Å². The average Bonchev–Trinajstić information content (AvgIpc) is 2.69. The van der Waals surface area contributed by atoms with E-state index >= 15 is 0 Å². The zero-order valence-electron chi connectivity index (χ0n) is 14.2. The molecule has 0 radical (unpaired) electrons. The van der Waals surface area contributed by atoms with Crippen LogP contribution in [0.3, 0.4) is 0 Å². The summed E-state index contributed by atoms with van der Waals surface area (Å²) in [6, 6.07) is 8.13. The number of benzene rings is 2. The van der Waals surface area contributed by atoms with Crippen LogP contribution in [0.2, 0.25) is 0 Å². The van der Waals surface area contributed by atoms with Crippen LogP contribution in [0.15, 0.2) is 54.9 Å². The van der Waals surface area contributed by atoms with Gasteiger partial charge in [-0.05, 0) is 29.8 Å². The Hall–Kier alpha value is -3.75. The van der Waals surface area contributed by atoms with E-state index in [-0.39, 0.29) is 23.6 Å². The molecule has 3 rings (SSSR count). The third-order valence-corrected chi connectivity index (χ3v) is 3.67. The van der Waals surface area contributed by atoms with Crippen LogP contribution in [0, 0.1) is 17.5 Å². The Bertz CT molecular complexity index is 1030.